The first-order valence-electron chi connectivity index (χ1n) is 5.98. The van der Waals surface area contributed by atoms with Crippen molar-refractivity contribution < 1.29 is 24.3 Å². The predicted octanol–water partition coefficient (Wildman–Crippen LogP) is 2.03. The third-order valence-electron chi connectivity index (χ3n) is 2.26. The first-order chi connectivity index (χ1) is 8.74. The van der Waals surface area contributed by atoms with Crippen molar-refractivity contribution in [2.75, 3.05) is 6.61 Å². The van der Waals surface area contributed by atoms with Gasteiger partial charge in [0.15, 0.2) is 5.89 Å². The quantitative estimate of drug-likeness (QED) is 0.643. The summed E-state index contributed by atoms with van der Waals surface area (Å²) < 4.78 is 10.1. The lowest BCUT2D eigenvalue weighted by Gasteiger charge is -2.27. The Morgan fingerprint density at radius 1 is 1.58 bits per heavy atom. The molecular formula is C12H20N2O5. The van der Waals surface area contributed by atoms with Gasteiger partial charge in [-0.2, -0.15) is 5.06 Å². The van der Waals surface area contributed by atoms with E-state index in [1.54, 1.807) is 27.7 Å². The van der Waals surface area contributed by atoms with Crippen molar-refractivity contribution in [1.29, 1.82) is 0 Å². The van der Waals surface area contributed by atoms with Gasteiger partial charge in [-0.25, -0.2) is 9.78 Å². The van der Waals surface area contributed by atoms with Crippen LogP contribution < -0.4 is 0 Å². The van der Waals surface area contributed by atoms with Crippen LogP contribution in [0.3, 0.4) is 0 Å². The van der Waals surface area contributed by atoms with Gasteiger partial charge < -0.3 is 14.3 Å². The van der Waals surface area contributed by atoms with E-state index in [1.165, 1.54) is 6.26 Å². The molecule has 1 atom stereocenters. The lowest BCUT2D eigenvalue weighted by atomic mass is 10.1. The molecular weight excluding hydrogens is 252 g/mol. The number of ether oxygens (including phenoxy) is 1. The summed E-state index contributed by atoms with van der Waals surface area (Å²) in [6, 6.07) is -0.808. The highest BCUT2D eigenvalue weighted by Gasteiger charge is 2.30. The van der Waals surface area contributed by atoms with Gasteiger partial charge in [0.05, 0.1) is 0 Å². The van der Waals surface area contributed by atoms with Crippen molar-refractivity contribution in [3.05, 3.63) is 17.8 Å². The summed E-state index contributed by atoms with van der Waals surface area (Å²) in [5, 5.41) is 19.3. The monoisotopic (exact) mass is 272 g/mol. The van der Waals surface area contributed by atoms with Gasteiger partial charge in [0, 0.05) is 13.5 Å². The summed E-state index contributed by atoms with van der Waals surface area (Å²) in [5.41, 5.74) is -0.360. The van der Waals surface area contributed by atoms with E-state index in [9.17, 15) is 10.0 Å². The number of hydrogen-bond acceptors (Lipinski definition) is 6. The van der Waals surface area contributed by atoms with Gasteiger partial charge in [0.1, 0.15) is 23.6 Å². The van der Waals surface area contributed by atoms with Crippen LogP contribution in [0.4, 0.5) is 4.79 Å². The van der Waals surface area contributed by atoms with Crippen LogP contribution in [0.25, 0.3) is 0 Å². The maximum absolute atomic E-state index is 11.8. The summed E-state index contributed by atoms with van der Waals surface area (Å²) in [7, 11) is 0. The Morgan fingerprint density at radius 2 is 2.21 bits per heavy atom. The van der Waals surface area contributed by atoms with Crippen LogP contribution in [0, 0.1) is 6.92 Å². The fourth-order valence-corrected chi connectivity index (χ4v) is 1.49. The number of nitrogens with zero attached hydrogens (tertiary/aromatic N) is 2. The van der Waals surface area contributed by atoms with E-state index in [2.05, 4.69) is 4.98 Å². The number of aliphatic hydroxyl groups is 1. The summed E-state index contributed by atoms with van der Waals surface area (Å²) in [4.78, 5) is 15.8. The predicted molar refractivity (Wildman–Crippen MR) is 65.5 cm³/mol. The van der Waals surface area contributed by atoms with Gasteiger partial charge in [-0.3, -0.25) is 5.21 Å². The molecule has 1 amide bonds. The molecule has 0 spiro atoms. The zero-order chi connectivity index (χ0) is 14.6. The SMILES string of the molecule is Cc1nc([C@H](CCO)N(O)C(=O)OC(C)(C)C)co1. The fraction of sp³-hybridized carbons (Fsp3) is 0.667. The van der Waals surface area contributed by atoms with Crippen LogP contribution in [0.5, 0.6) is 0 Å². The zero-order valence-corrected chi connectivity index (χ0v) is 11.6. The lowest BCUT2D eigenvalue weighted by Crippen LogP contribution is -2.37. The van der Waals surface area contributed by atoms with Crippen LogP contribution in [-0.2, 0) is 4.74 Å². The Hall–Kier alpha value is -1.60. The zero-order valence-electron chi connectivity index (χ0n) is 11.6. The molecule has 7 heteroatoms. The number of amides is 1. The van der Waals surface area contributed by atoms with Crippen molar-refractivity contribution in [3.63, 3.8) is 0 Å². The molecule has 0 aromatic carbocycles. The molecule has 0 aliphatic heterocycles. The highest BCUT2D eigenvalue weighted by molar-refractivity contribution is 5.67. The molecule has 0 saturated carbocycles. The van der Waals surface area contributed by atoms with E-state index in [4.69, 9.17) is 14.3 Å². The summed E-state index contributed by atoms with van der Waals surface area (Å²) >= 11 is 0. The number of rotatable bonds is 4. The molecule has 1 aromatic heterocycles. The number of carbonyl (C=O) groups excluding carboxylic acids is 1. The maximum atomic E-state index is 11.8. The van der Waals surface area contributed by atoms with Gasteiger partial charge in [-0.1, -0.05) is 0 Å². The van der Waals surface area contributed by atoms with E-state index in [0.717, 1.165) is 0 Å². The average Bonchev–Trinajstić information content (AvgIpc) is 2.69. The largest absolute Gasteiger partial charge is 0.449 e. The van der Waals surface area contributed by atoms with Crippen LogP contribution in [0.15, 0.2) is 10.7 Å². The number of aliphatic hydroxyl groups excluding tert-OH is 1. The molecule has 1 aromatic rings. The highest BCUT2D eigenvalue weighted by Crippen LogP contribution is 2.24. The van der Waals surface area contributed by atoms with Crippen LogP contribution in [-0.4, -0.2) is 38.7 Å². The fourth-order valence-electron chi connectivity index (χ4n) is 1.49. The minimum absolute atomic E-state index is 0.127. The van der Waals surface area contributed by atoms with Crippen LogP contribution >= 0.6 is 0 Å². The standard InChI is InChI=1S/C12H20N2O5/c1-8-13-9(7-18-8)10(5-6-15)14(17)11(16)19-12(2,3)4/h7,10,15,17H,5-6H2,1-4H3/t10-/m0/s1. The van der Waals surface area contributed by atoms with E-state index in [-0.39, 0.29) is 13.0 Å². The molecule has 0 saturated heterocycles. The number of aromatic nitrogens is 1. The number of hydrogen-bond donors (Lipinski definition) is 2. The maximum Gasteiger partial charge on any atom is 0.434 e. The first kappa shape index (κ1) is 15.5. The van der Waals surface area contributed by atoms with Crippen molar-refractivity contribution in [3.8, 4) is 0 Å². The highest BCUT2D eigenvalue weighted by atomic mass is 16.6. The Balaban J connectivity index is 2.84. The molecule has 108 valence electrons. The summed E-state index contributed by atoms with van der Waals surface area (Å²) in [5.74, 6) is 0.413. The van der Waals surface area contributed by atoms with Gasteiger partial charge in [-0.15, -0.1) is 0 Å². The van der Waals surface area contributed by atoms with Crippen molar-refractivity contribution in [1.82, 2.24) is 10.0 Å². The second kappa shape index (κ2) is 6.03. The van der Waals surface area contributed by atoms with Gasteiger partial charge in [-0.05, 0) is 27.2 Å². The Morgan fingerprint density at radius 3 is 2.63 bits per heavy atom. The summed E-state index contributed by atoms with van der Waals surface area (Å²) in [6.07, 6.45) is 0.567. The normalized spacial score (nSPS) is 13.2. The smallest absolute Gasteiger partial charge is 0.434 e. The average molecular weight is 272 g/mol. The third-order valence-corrected chi connectivity index (χ3v) is 2.26. The van der Waals surface area contributed by atoms with E-state index in [1.807, 2.05) is 0 Å². The van der Waals surface area contributed by atoms with Crippen LogP contribution in [0.2, 0.25) is 0 Å². The Bertz CT molecular complexity index is 424. The molecule has 1 heterocycles. The molecule has 2 N–H and O–H groups in total. The molecule has 0 unspecified atom stereocenters. The molecule has 1 rings (SSSR count). The van der Waals surface area contributed by atoms with Crippen molar-refractivity contribution in [2.24, 2.45) is 0 Å². The van der Waals surface area contributed by atoms with E-state index < -0.39 is 17.7 Å². The number of carbonyl (C=O) groups is 1. The van der Waals surface area contributed by atoms with Gasteiger partial charge >= 0.3 is 6.09 Å². The molecule has 7 nitrogen and oxygen atoms in total. The van der Waals surface area contributed by atoms with E-state index in [0.29, 0.717) is 16.6 Å². The minimum atomic E-state index is -0.897. The topological polar surface area (TPSA) is 96.0 Å². The van der Waals surface area contributed by atoms with Crippen LogP contribution in [0.1, 0.15) is 44.8 Å². The second-order valence-electron chi connectivity index (χ2n) is 5.14. The molecule has 0 bridgehead atoms. The van der Waals surface area contributed by atoms with Gasteiger partial charge in [0.2, 0.25) is 0 Å². The van der Waals surface area contributed by atoms with Crippen molar-refractivity contribution >= 4 is 6.09 Å². The molecule has 0 radical (unpaired) electrons. The number of aryl methyl sites for hydroxylation is 1. The summed E-state index contributed by atoms with van der Waals surface area (Å²) in [6.45, 7) is 6.52. The third kappa shape index (κ3) is 4.53. The second-order valence-corrected chi connectivity index (χ2v) is 5.14. The number of hydroxylamine groups is 2. The minimum Gasteiger partial charge on any atom is -0.449 e. The van der Waals surface area contributed by atoms with E-state index >= 15 is 0 Å². The Kier molecular flexibility index (Phi) is 4.90. The molecule has 0 aliphatic carbocycles. The first-order valence-corrected chi connectivity index (χ1v) is 5.98. The molecule has 19 heavy (non-hydrogen) atoms. The molecule has 0 aliphatic rings. The number of oxazole rings is 1. The molecule has 0 fully saturated rings. The Labute approximate surface area is 111 Å². The van der Waals surface area contributed by atoms with Crippen molar-refractivity contribution in [2.45, 2.75) is 45.8 Å². The lowest BCUT2D eigenvalue weighted by molar-refractivity contribution is -0.126. The van der Waals surface area contributed by atoms with Gasteiger partial charge in [0.25, 0.3) is 0 Å².